The second-order valence-electron chi connectivity index (χ2n) is 9.01. The van der Waals surface area contributed by atoms with Gasteiger partial charge in [0.2, 0.25) is 11.8 Å². The first-order valence-corrected chi connectivity index (χ1v) is 13.5. The third kappa shape index (κ3) is 10.7. The molecule has 3 rings (SSSR count). The lowest BCUT2D eigenvalue weighted by atomic mass is 10.0. The summed E-state index contributed by atoms with van der Waals surface area (Å²) >= 11 is 0. The molecule has 12 heteroatoms. The Kier molecular flexibility index (Phi) is 13.5. The summed E-state index contributed by atoms with van der Waals surface area (Å²) in [6.07, 6.45) is -2.78. The largest absolute Gasteiger partial charge is 0.493 e. The van der Waals surface area contributed by atoms with Crippen LogP contribution in [-0.4, -0.2) is 54.4 Å². The van der Waals surface area contributed by atoms with Gasteiger partial charge < -0.3 is 41.0 Å². The van der Waals surface area contributed by atoms with Crippen molar-refractivity contribution in [3.05, 3.63) is 77.9 Å². The molecule has 0 saturated heterocycles. The van der Waals surface area contributed by atoms with Gasteiger partial charge in [-0.2, -0.15) is 0 Å². The molecule has 0 aliphatic carbocycles. The standard InChI is InChI=1S/C29H32N4O8.C2H6/c1-17-6-4-5-7-21(17)33-29(39)31-20-11-9-19(10-12-20)30-26(35)16-23(34)28(38)32-22(15-27(36)37)18-8-13-24(40-2)25(14-18)41-3;1-2/h4-14,22-23,34H,15-16H2,1-3H3,(H,30,35)(H,32,38)(H,36,37)(H2,31,33,39);1-2H3/t22-,23?;/m0./s1. The molecule has 12 nitrogen and oxygen atoms in total. The van der Waals surface area contributed by atoms with E-state index in [0.29, 0.717) is 34.1 Å². The van der Waals surface area contributed by atoms with Crippen LogP contribution in [0.15, 0.2) is 66.7 Å². The molecule has 0 heterocycles. The second kappa shape index (κ2) is 17.0. The van der Waals surface area contributed by atoms with Crippen molar-refractivity contribution in [2.45, 2.75) is 45.8 Å². The van der Waals surface area contributed by atoms with E-state index in [1.165, 1.54) is 20.3 Å². The lowest BCUT2D eigenvalue weighted by Gasteiger charge is -2.21. The Bertz CT molecular complexity index is 1390. The van der Waals surface area contributed by atoms with Crippen LogP contribution in [-0.2, 0) is 14.4 Å². The van der Waals surface area contributed by atoms with E-state index in [1.807, 2.05) is 39.0 Å². The number of aryl methyl sites for hydroxylation is 1. The number of carboxylic acids is 1. The number of amides is 4. The average molecular weight is 595 g/mol. The Morgan fingerprint density at radius 3 is 1.98 bits per heavy atom. The summed E-state index contributed by atoms with van der Waals surface area (Å²) in [5, 5.41) is 30.2. The highest BCUT2D eigenvalue weighted by molar-refractivity contribution is 6.00. The number of urea groups is 1. The van der Waals surface area contributed by atoms with E-state index in [1.54, 1.807) is 42.5 Å². The van der Waals surface area contributed by atoms with Gasteiger partial charge in [-0.3, -0.25) is 14.4 Å². The van der Waals surface area contributed by atoms with E-state index in [0.717, 1.165) is 5.56 Å². The number of rotatable bonds is 12. The molecule has 0 aromatic heterocycles. The topological polar surface area (TPSA) is 175 Å². The number of carboxylic acid groups (broad SMARTS) is 1. The van der Waals surface area contributed by atoms with E-state index in [2.05, 4.69) is 21.3 Å². The summed E-state index contributed by atoms with van der Waals surface area (Å²) in [7, 11) is 2.87. The zero-order chi connectivity index (χ0) is 31.9. The maximum Gasteiger partial charge on any atom is 0.323 e. The first-order chi connectivity index (χ1) is 20.6. The fraction of sp³-hybridized carbons (Fsp3) is 0.290. The van der Waals surface area contributed by atoms with Gasteiger partial charge in [-0.25, -0.2) is 4.79 Å². The lowest BCUT2D eigenvalue weighted by molar-refractivity contribution is -0.138. The van der Waals surface area contributed by atoms with Crippen molar-refractivity contribution >= 4 is 40.9 Å². The van der Waals surface area contributed by atoms with Gasteiger partial charge in [0.1, 0.15) is 6.10 Å². The molecule has 43 heavy (non-hydrogen) atoms. The molecule has 0 aliphatic rings. The lowest BCUT2D eigenvalue weighted by Crippen LogP contribution is -2.39. The van der Waals surface area contributed by atoms with Crippen molar-refractivity contribution in [3.8, 4) is 11.5 Å². The highest BCUT2D eigenvalue weighted by Gasteiger charge is 2.25. The maximum atomic E-state index is 12.6. The molecule has 0 spiro atoms. The Hall–Kier alpha value is -5.10. The van der Waals surface area contributed by atoms with Crippen LogP contribution < -0.4 is 30.7 Å². The number of aliphatic carboxylic acids is 1. The van der Waals surface area contributed by atoms with Crippen molar-refractivity contribution in [1.82, 2.24) is 5.32 Å². The summed E-state index contributed by atoms with van der Waals surface area (Å²) in [4.78, 5) is 48.8. The van der Waals surface area contributed by atoms with Crippen molar-refractivity contribution < 1.29 is 38.9 Å². The minimum absolute atomic E-state index is 0.336. The molecule has 2 atom stereocenters. The molecule has 0 saturated carbocycles. The minimum Gasteiger partial charge on any atom is -0.493 e. The number of benzene rings is 3. The molecule has 6 N–H and O–H groups in total. The van der Waals surface area contributed by atoms with Crippen LogP contribution in [0.1, 0.15) is 43.9 Å². The summed E-state index contributed by atoms with van der Waals surface area (Å²) in [5.41, 5.74) is 2.86. The van der Waals surface area contributed by atoms with Gasteiger partial charge >= 0.3 is 12.0 Å². The van der Waals surface area contributed by atoms with Gasteiger partial charge in [0.05, 0.1) is 33.1 Å². The van der Waals surface area contributed by atoms with Crippen molar-refractivity contribution in [2.24, 2.45) is 0 Å². The van der Waals surface area contributed by atoms with Gasteiger partial charge in [-0.05, 0) is 60.5 Å². The number of hydrogen-bond acceptors (Lipinski definition) is 7. The smallest absolute Gasteiger partial charge is 0.323 e. The zero-order valence-electron chi connectivity index (χ0n) is 24.8. The van der Waals surface area contributed by atoms with Crippen LogP contribution >= 0.6 is 0 Å². The van der Waals surface area contributed by atoms with Gasteiger partial charge in [-0.15, -0.1) is 0 Å². The third-order valence-electron chi connectivity index (χ3n) is 6.01. The number of ether oxygens (including phenoxy) is 2. The van der Waals surface area contributed by atoms with Gasteiger partial charge in [0.15, 0.2) is 11.5 Å². The number of hydrogen-bond donors (Lipinski definition) is 6. The Morgan fingerprint density at radius 2 is 1.40 bits per heavy atom. The molecule has 0 bridgehead atoms. The number of nitrogens with one attached hydrogen (secondary N) is 4. The van der Waals surface area contributed by atoms with E-state index >= 15 is 0 Å². The Labute approximate surface area is 250 Å². The minimum atomic E-state index is -1.74. The van der Waals surface area contributed by atoms with Crippen LogP contribution in [0.4, 0.5) is 21.9 Å². The van der Waals surface area contributed by atoms with Crippen molar-refractivity contribution in [1.29, 1.82) is 0 Å². The molecule has 0 aliphatic heterocycles. The second-order valence-corrected chi connectivity index (χ2v) is 9.01. The van der Waals surface area contributed by atoms with Crippen molar-refractivity contribution in [2.75, 3.05) is 30.2 Å². The van der Waals surface area contributed by atoms with E-state index in [-0.39, 0.29) is 0 Å². The summed E-state index contributed by atoms with van der Waals surface area (Å²) in [5.74, 6) is -1.99. The Morgan fingerprint density at radius 1 is 0.791 bits per heavy atom. The van der Waals surface area contributed by atoms with Gasteiger partial charge in [0.25, 0.3) is 0 Å². The fourth-order valence-electron chi connectivity index (χ4n) is 3.88. The number of methoxy groups -OCH3 is 2. The molecule has 1 unspecified atom stereocenters. The summed E-state index contributed by atoms with van der Waals surface area (Å²) < 4.78 is 10.4. The monoisotopic (exact) mass is 594 g/mol. The first-order valence-electron chi connectivity index (χ1n) is 13.5. The molecule has 3 aromatic rings. The predicted molar refractivity (Wildman–Crippen MR) is 164 cm³/mol. The first kappa shape index (κ1) is 34.1. The van der Waals surface area contributed by atoms with Crippen LogP contribution in [0.5, 0.6) is 11.5 Å². The van der Waals surface area contributed by atoms with E-state index in [9.17, 15) is 29.4 Å². The molecular formula is C31H38N4O8. The highest BCUT2D eigenvalue weighted by atomic mass is 16.5. The molecular weight excluding hydrogens is 556 g/mol. The maximum absolute atomic E-state index is 12.6. The van der Waals surface area contributed by atoms with Crippen molar-refractivity contribution in [3.63, 3.8) is 0 Å². The zero-order valence-corrected chi connectivity index (χ0v) is 24.8. The van der Waals surface area contributed by atoms with Gasteiger partial charge in [0, 0.05) is 17.1 Å². The van der Waals surface area contributed by atoms with Crippen LogP contribution in [0.25, 0.3) is 0 Å². The average Bonchev–Trinajstić information content (AvgIpc) is 2.99. The van der Waals surface area contributed by atoms with Crippen LogP contribution in [0.3, 0.4) is 0 Å². The number of para-hydroxylation sites is 1. The predicted octanol–water partition coefficient (Wildman–Crippen LogP) is 4.70. The quantitative estimate of drug-likeness (QED) is 0.175. The molecule has 0 fully saturated rings. The van der Waals surface area contributed by atoms with E-state index < -0.39 is 48.8 Å². The van der Waals surface area contributed by atoms with Crippen LogP contribution in [0.2, 0.25) is 0 Å². The molecule has 230 valence electrons. The molecule has 0 radical (unpaired) electrons. The number of anilines is 3. The number of aliphatic hydroxyl groups is 1. The number of carbonyl (C=O) groups is 4. The molecule has 3 aromatic carbocycles. The Balaban J connectivity index is 0.00000316. The summed E-state index contributed by atoms with van der Waals surface area (Å²) in [6, 6.07) is 16.8. The van der Waals surface area contributed by atoms with Crippen LogP contribution in [0, 0.1) is 6.92 Å². The fourth-order valence-corrected chi connectivity index (χ4v) is 3.88. The highest BCUT2D eigenvalue weighted by Crippen LogP contribution is 2.31. The van der Waals surface area contributed by atoms with Gasteiger partial charge in [-0.1, -0.05) is 38.1 Å². The van der Waals surface area contributed by atoms with E-state index in [4.69, 9.17) is 9.47 Å². The number of carbonyl (C=O) groups excluding carboxylic acids is 3. The number of aliphatic hydroxyl groups excluding tert-OH is 1. The normalized spacial score (nSPS) is 11.5. The summed E-state index contributed by atoms with van der Waals surface area (Å²) in [6.45, 7) is 5.88. The SMILES string of the molecule is CC.COc1ccc([C@H](CC(=O)O)NC(=O)C(O)CC(=O)Nc2ccc(NC(=O)Nc3ccccc3C)cc2)cc1OC. The molecule has 4 amide bonds. The third-order valence-corrected chi connectivity index (χ3v) is 6.01.